The number of aryl methyl sites for hydroxylation is 1. The van der Waals surface area contributed by atoms with E-state index in [4.69, 9.17) is 4.74 Å². The summed E-state index contributed by atoms with van der Waals surface area (Å²) in [6, 6.07) is 10.2. The Hall–Kier alpha value is -2.39. The normalized spacial score (nSPS) is 13.8. The summed E-state index contributed by atoms with van der Waals surface area (Å²) in [5.41, 5.74) is 6.55. The van der Waals surface area contributed by atoms with Gasteiger partial charge in [-0.3, -0.25) is 25.2 Å². The first-order chi connectivity index (χ1) is 15.3. The van der Waals surface area contributed by atoms with Crippen molar-refractivity contribution in [3.8, 4) is 5.75 Å². The van der Waals surface area contributed by atoms with Gasteiger partial charge in [0.25, 0.3) is 11.8 Å². The number of nitrogens with one attached hydrogen (secondary N) is 3. The maximum absolute atomic E-state index is 12.3. The van der Waals surface area contributed by atoms with Gasteiger partial charge in [-0.1, -0.05) is 35.2 Å². The molecule has 1 fully saturated rings. The second-order valence-electron chi connectivity index (χ2n) is 7.73. The number of hydrogen-bond donors (Lipinski definition) is 3. The van der Waals surface area contributed by atoms with Crippen LogP contribution in [-0.4, -0.2) is 24.3 Å². The van der Waals surface area contributed by atoms with Crippen molar-refractivity contribution < 1.29 is 19.1 Å². The van der Waals surface area contributed by atoms with E-state index in [1.807, 2.05) is 19.1 Å². The van der Waals surface area contributed by atoms with Crippen LogP contribution in [0.5, 0.6) is 5.75 Å². The summed E-state index contributed by atoms with van der Waals surface area (Å²) in [6.07, 6.45) is 5.22. The third-order valence-electron chi connectivity index (χ3n) is 5.25. The summed E-state index contributed by atoms with van der Waals surface area (Å²) < 4.78 is 7.17. The number of carbonyl (C=O) groups excluding carboxylic acids is 3. The first-order valence-electron chi connectivity index (χ1n) is 10.4. The molecule has 0 bridgehead atoms. The van der Waals surface area contributed by atoms with Crippen LogP contribution in [0.4, 0.5) is 5.69 Å². The van der Waals surface area contributed by atoms with Crippen LogP contribution in [0.3, 0.4) is 0 Å². The summed E-state index contributed by atoms with van der Waals surface area (Å²) in [7, 11) is 0. The largest absolute Gasteiger partial charge is 0.482 e. The first-order valence-corrected chi connectivity index (χ1v) is 12.0. The highest BCUT2D eigenvalue weighted by Crippen LogP contribution is 2.32. The summed E-state index contributed by atoms with van der Waals surface area (Å²) in [5.74, 6) is -0.318. The van der Waals surface area contributed by atoms with E-state index in [-0.39, 0.29) is 18.4 Å². The quantitative estimate of drug-likeness (QED) is 0.434. The fourth-order valence-electron chi connectivity index (χ4n) is 3.56. The van der Waals surface area contributed by atoms with Crippen molar-refractivity contribution in [2.75, 3.05) is 11.9 Å². The van der Waals surface area contributed by atoms with E-state index in [9.17, 15) is 14.4 Å². The molecule has 0 aliphatic heterocycles. The Morgan fingerprint density at radius 2 is 1.69 bits per heavy atom. The minimum absolute atomic E-state index is 0.0295. The van der Waals surface area contributed by atoms with Crippen molar-refractivity contribution in [2.24, 2.45) is 5.92 Å². The van der Waals surface area contributed by atoms with Gasteiger partial charge in [0.1, 0.15) is 5.75 Å². The monoisotopic (exact) mass is 565 g/mol. The van der Waals surface area contributed by atoms with Crippen LogP contribution in [0.25, 0.3) is 0 Å². The van der Waals surface area contributed by atoms with Crippen molar-refractivity contribution in [1.82, 2.24) is 10.9 Å². The molecule has 0 spiro atoms. The lowest BCUT2D eigenvalue weighted by molar-refractivity contribution is -0.124. The summed E-state index contributed by atoms with van der Waals surface area (Å²) in [4.78, 5) is 36.7. The molecular formula is C23H25Br2N3O4. The van der Waals surface area contributed by atoms with Gasteiger partial charge in [-0.15, -0.1) is 0 Å². The van der Waals surface area contributed by atoms with Crippen molar-refractivity contribution in [1.29, 1.82) is 0 Å². The molecule has 0 unspecified atom stereocenters. The topological polar surface area (TPSA) is 96.5 Å². The Morgan fingerprint density at radius 1 is 1.00 bits per heavy atom. The molecule has 3 rings (SSSR count). The van der Waals surface area contributed by atoms with Gasteiger partial charge in [0.05, 0.1) is 4.47 Å². The summed E-state index contributed by atoms with van der Waals surface area (Å²) in [5, 5.41) is 2.91. The van der Waals surface area contributed by atoms with Crippen LogP contribution in [0.15, 0.2) is 45.3 Å². The van der Waals surface area contributed by atoms with Gasteiger partial charge in [0.15, 0.2) is 6.61 Å². The molecule has 1 aliphatic rings. The minimum atomic E-state index is -0.496. The number of hydrazine groups is 1. The summed E-state index contributed by atoms with van der Waals surface area (Å²) in [6.45, 7) is 1.61. The molecule has 0 heterocycles. The van der Waals surface area contributed by atoms with Gasteiger partial charge in [-0.05, 0) is 77.7 Å². The SMILES string of the molecule is Cc1cc(Br)cc(Br)c1OCC(=O)NNC(=O)c1ccc(NC(=O)C2CCCCC2)cc1. The van der Waals surface area contributed by atoms with Gasteiger partial charge in [-0.2, -0.15) is 0 Å². The number of benzene rings is 2. The molecule has 9 heteroatoms. The average molecular weight is 567 g/mol. The first kappa shape index (κ1) is 24.3. The van der Waals surface area contributed by atoms with E-state index in [0.29, 0.717) is 17.0 Å². The van der Waals surface area contributed by atoms with Crippen LogP contribution in [0.1, 0.15) is 48.0 Å². The number of hydrogen-bond acceptors (Lipinski definition) is 4. The second kappa shape index (κ2) is 11.5. The van der Waals surface area contributed by atoms with Gasteiger partial charge in [0, 0.05) is 21.6 Å². The van der Waals surface area contributed by atoms with E-state index < -0.39 is 11.8 Å². The molecule has 1 saturated carbocycles. The smallest absolute Gasteiger partial charge is 0.276 e. The number of ether oxygens (including phenoxy) is 1. The van der Waals surface area contributed by atoms with Gasteiger partial charge in [-0.25, -0.2) is 0 Å². The van der Waals surface area contributed by atoms with E-state index >= 15 is 0 Å². The summed E-state index contributed by atoms with van der Waals surface area (Å²) >= 11 is 6.79. The highest BCUT2D eigenvalue weighted by Gasteiger charge is 2.21. The average Bonchev–Trinajstić information content (AvgIpc) is 2.77. The Morgan fingerprint density at radius 3 is 2.34 bits per heavy atom. The molecule has 0 atom stereocenters. The van der Waals surface area contributed by atoms with E-state index in [2.05, 4.69) is 48.0 Å². The van der Waals surface area contributed by atoms with Gasteiger partial charge in [0.2, 0.25) is 5.91 Å². The zero-order valence-electron chi connectivity index (χ0n) is 17.7. The number of rotatable bonds is 6. The van der Waals surface area contributed by atoms with Crippen molar-refractivity contribution in [2.45, 2.75) is 39.0 Å². The lowest BCUT2D eigenvalue weighted by atomic mass is 9.88. The van der Waals surface area contributed by atoms with Crippen LogP contribution >= 0.6 is 31.9 Å². The van der Waals surface area contributed by atoms with Crippen molar-refractivity contribution >= 4 is 55.3 Å². The zero-order chi connectivity index (χ0) is 23.1. The fourth-order valence-corrected chi connectivity index (χ4v) is 5.11. The van der Waals surface area contributed by atoms with Crippen molar-refractivity contribution in [3.63, 3.8) is 0 Å². The molecule has 32 heavy (non-hydrogen) atoms. The molecule has 2 aromatic rings. The third kappa shape index (κ3) is 6.80. The third-order valence-corrected chi connectivity index (χ3v) is 6.29. The minimum Gasteiger partial charge on any atom is -0.482 e. The molecular weight excluding hydrogens is 542 g/mol. The Bertz CT molecular complexity index is 966. The number of halogens is 2. The molecule has 3 amide bonds. The standard InChI is InChI=1S/C23H25Br2N3O4/c1-14-11-17(24)12-19(25)21(14)32-13-20(29)27-28-23(31)16-7-9-18(10-8-16)26-22(30)15-5-3-2-4-6-15/h7-12,15H,2-6,13H2,1H3,(H,26,30)(H,27,29)(H,28,31). The lowest BCUT2D eigenvalue weighted by Gasteiger charge is -2.20. The number of amides is 3. The molecule has 2 aromatic carbocycles. The zero-order valence-corrected chi connectivity index (χ0v) is 20.8. The molecule has 3 N–H and O–H groups in total. The van der Waals surface area contributed by atoms with Crippen LogP contribution in [0.2, 0.25) is 0 Å². The van der Waals surface area contributed by atoms with E-state index in [1.54, 1.807) is 24.3 Å². The lowest BCUT2D eigenvalue weighted by Crippen LogP contribution is -2.43. The molecule has 170 valence electrons. The molecule has 1 aliphatic carbocycles. The van der Waals surface area contributed by atoms with Gasteiger partial charge < -0.3 is 10.1 Å². The predicted octanol–water partition coefficient (Wildman–Crippen LogP) is 4.88. The fraction of sp³-hybridized carbons (Fsp3) is 0.348. The highest BCUT2D eigenvalue weighted by molar-refractivity contribution is 9.11. The Labute approximate surface area is 203 Å². The molecule has 0 aromatic heterocycles. The molecule has 7 nitrogen and oxygen atoms in total. The van der Waals surface area contributed by atoms with Crippen LogP contribution in [-0.2, 0) is 9.59 Å². The van der Waals surface area contributed by atoms with Crippen molar-refractivity contribution in [3.05, 3.63) is 56.5 Å². The maximum Gasteiger partial charge on any atom is 0.276 e. The second-order valence-corrected chi connectivity index (χ2v) is 9.50. The van der Waals surface area contributed by atoms with Gasteiger partial charge >= 0.3 is 0 Å². The Kier molecular flexibility index (Phi) is 8.69. The maximum atomic E-state index is 12.3. The van der Waals surface area contributed by atoms with E-state index in [0.717, 1.165) is 40.2 Å². The molecule has 0 radical (unpaired) electrons. The highest BCUT2D eigenvalue weighted by atomic mass is 79.9. The van der Waals surface area contributed by atoms with Crippen LogP contribution in [0, 0.1) is 12.8 Å². The van der Waals surface area contributed by atoms with E-state index in [1.165, 1.54) is 6.42 Å². The molecule has 0 saturated heterocycles. The predicted molar refractivity (Wildman–Crippen MR) is 129 cm³/mol. The number of carbonyl (C=O) groups is 3. The Balaban J connectivity index is 1.45. The number of anilines is 1. The van der Waals surface area contributed by atoms with Crippen LogP contribution < -0.4 is 20.9 Å².